The van der Waals surface area contributed by atoms with Crippen molar-refractivity contribution in [3.8, 4) is 0 Å². The molecule has 1 aromatic carbocycles. The summed E-state index contributed by atoms with van der Waals surface area (Å²) in [6.45, 7) is 0.649. The van der Waals surface area contributed by atoms with E-state index in [1.54, 1.807) is 0 Å². The molecule has 2 amide bonds. The zero-order valence-corrected chi connectivity index (χ0v) is 11.9. The van der Waals surface area contributed by atoms with Crippen molar-refractivity contribution in [1.82, 2.24) is 4.90 Å². The van der Waals surface area contributed by atoms with Crippen molar-refractivity contribution in [3.63, 3.8) is 0 Å². The van der Waals surface area contributed by atoms with E-state index in [0.717, 1.165) is 0 Å². The number of hydrogen-bond donors (Lipinski definition) is 2. The molecule has 10 heteroatoms. The quantitative estimate of drug-likeness (QED) is 0.769. The van der Waals surface area contributed by atoms with Crippen molar-refractivity contribution < 1.29 is 26.7 Å². The highest BCUT2D eigenvalue weighted by atomic mass is 35.5. The second kappa shape index (κ2) is 6.66. The Bertz CT molecular complexity index is 543. The number of carbonyl (C=O) groups is 1. The molecule has 1 aliphatic heterocycles. The van der Waals surface area contributed by atoms with E-state index in [2.05, 4.69) is 5.32 Å². The molecule has 0 saturated carbocycles. The number of likely N-dealkylation sites (tertiary alicyclic amines) is 1. The fourth-order valence-corrected chi connectivity index (χ4v) is 2.09. The lowest BCUT2D eigenvalue weighted by molar-refractivity contribution is -0.142. The summed E-state index contributed by atoms with van der Waals surface area (Å²) in [5.74, 6) is -3.56. The van der Waals surface area contributed by atoms with Gasteiger partial charge in [-0.1, -0.05) is 0 Å². The molecule has 124 valence electrons. The Labute approximate surface area is 128 Å². The van der Waals surface area contributed by atoms with E-state index < -0.39 is 29.4 Å². The van der Waals surface area contributed by atoms with Crippen LogP contribution in [-0.4, -0.2) is 30.1 Å². The van der Waals surface area contributed by atoms with Gasteiger partial charge in [0, 0.05) is 24.8 Å². The van der Waals surface area contributed by atoms with Gasteiger partial charge in [-0.05, 0) is 18.6 Å². The third-order valence-corrected chi connectivity index (χ3v) is 3.09. The van der Waals surface area contributed by atoms with Crippen LogP contribution in [0.15, 0.2) is 12.1 Å². The highest BCUT2D eigenvalue weighted by Gasteiger charge is 2.38. The molecule has 2 rings (SSSR count). The molecular formula is C12H13ClF5N3O. The van der Waals surface area contributed by atoms with Gasteiger partial charge in [-0.3, -0.25) is 0 Å². The van der Waals surface area contributed by atoms with Gasteiger partial charge in [0.15, 0.2) is 0 Å². The normalized spacial score (nSPS) is 18.1. The number of amides is 2. The number of urea groups is 1. The summed E-state index contributed by atoms with van der Waals surface area (Å²) in [5, 5.41) is 2.15. The van der Waals surface area contributed by atoms with Crippen molar-refractivity contribution in [3.05, 3.63) is 29.3 Å². The van der Waals surface area contributed by atoms with E-state index in [1.165, 1.54) is 4.90 Å². The molecule has 0 aromatic heterocycles. The molecule has 0 radical (unpaired) electrons. The molecule has 1 fully saturated rings. The smallest absolute Gasteiger partial charge is 0.326 e. The number of nitrogens with one attached hydrogen (secondary N) is 1. The number of hydrogen-bond acceptors (Lipinski definition) is 2. The highest BCUT2D eigenvalue weighted by molar-refractivity contribution is 5.89. The van der Waals surface area contributed by atoms with Crippen LogP contribution >= 0.6 is 12.4 Å². The number of nitrogens with two attached hydrogens (primary N) is 1. The van der Waals surface area contributed by atoms with Gasteiger partial charge in [-0.2, -0.15) is 13.2 Å². The second-order valence-electron chi connectivity index (χ2n) is 4.74. The van der Waals surface area contributed by atoms with Crippen molar-refractivity contribution in [2.45, 2.75) is 18.6 Å². The largest absolute Gasteiger partial charge is 0.422 e. The standard InChI is InChI=1S/C12H12F5N3O.ClH/c13-8-3-7(4-9(14)10(8)12(15,16)17)19-11(21)20-2-1-6(18)5-20;/h3-4,6H,1-2,5,18H2,(H,19,21);1H. The number of carbonyl (C=O) groups excluding carboxylic acids is 1. The van der Waals surface area contributed by atoms with Crippen molar-refractivity contribution in [2.75, 3.05) is 18.4 Å². The Balaban J connectivity index is 0.00000242. The van der Waals surface area contributed by atoms with Crippen LogP contribution in [0, 0.1) is 11.6 Å². The van der Waals surface area contributed by atoms with Crippen LogP contribution in [0.4, 0.5) is 32.4 Å². The first-order valence-electron chi connectivity index (χ1n) is 6.06. The van der Waals surface area contributed by atoms with Crippen LogP contribution in [0.2, 0.25) is 0 Å². The summed E-state index contributed by atoms with van der Waals surface area (Å²) >= 11 is 0. The lowest BCUT2D eigenvalue weighted by atomic mass is 10.1. The molecule has 22 heavy (non-hydrogen) atoms. The summed E-state index contributed by atoms with van der Waals surface area (Å²) < 4.78 is 63.9. The molecule has 1 heterocycles. The molecule has 1 aromatic rings. The maximum atomic E-state index is 13.4. The summed E-state index contributed by atoms with van der Waals surface area (Å²) in [6.07, 6.45) is -4.55. The maximum absolute atomic E-state index is 13.4. The fourth-order valence-electron chi connectivity index (χ4n) is 2.09. The van der Waals surface area contributed by atoms with Crippen LogP contribution in [0.5, 0.6) is 0 Å². The minimum atomic E-state index is -5.14. The number of alkyl halides is 3. The van der Waals surface area contributed by atoms with Gasteiger partial charge in [0.2, 0.25) is 0 Å². The van der Waals surface area contributed by atoms with Crippen LogP contribution in [0.3, 0.4) is 0 Å². The average Bonchev–Trinajstić information content (AvgIpc) is 2.72. The van der Waals surface area contributed by atoms with E-state index in [4.69, 9.17) is 5.73 Å². The minimum Gasteiger partial charge on any atom is -0.326 e. The van der Waals surface area contributed by atoms with Crippen LogP contribution in [0.25, 0.3) is 0 Å². The monoisotopic (exact) mass is 345 g/mol. The predicted octanol–water partition coefficient (Wildman–Crippen LogP) is 2.97. The lowest BCUT2D eigenvalue weighted by Crippen LogP contribution is -2.35. The van der Waals surface area contributed by atoms with E-state index in [-0.39, 0.29) is 30.7 Å². The molecule has 1 atom stereocenters. The van der Waals surface area contributed by atoms with Crippen molar-refractivity contribution in [2.24, 2.45) is 5.73 Å². The zero-order chi connectivity index (χ0) is 15.8. The van der Waals surface area contributed by atoms with Gasteiger partial charge in [0.05, 0.1) is 0 Å². The van der Waals surface area contributed by atoms with Crippen molar-refractivity contribution in [1.29, 1.82) is 0 Å². The first kappa shape index (κ1) is 18.4. The Kier molecular flexibility index (Phi) is 5.58. The van der Waals surface area contributed by atoms with E-state index in [1.807, 2.05) is 0 Å². The third kappa shape index (κ3) is 3.98. The first-order valence-corrected chi connectivity index (χ1v) is 6.06. The SMILES string of the molecule is Cl.NC1CCN(C(=O)Nc2cc(F)c(C(F)(F)F)c(F)c2)C1. The molecule has 0 spiro atoms. The molecule has 0 bridgehead atoms. The molecule has 0 aliphatic carbocycles. The average molecular weight is 346 g/mol. The summed E-state index contributed by atoms with van der Waals surface area (Å²) in [6, 6.07) is 0.0120. The Morgan fingerprint density at radius 3 is 2.23 bits per heavy atom. The Morgan fingerprint density at radius 2 is 1.82 bits per heavy atom. The number of anilines is 1. The van der Waals surface area contributed by atoms with Gasteiger partial charge in [0.1, 0.15) is 17.2 Å². The van der Waals surface area contributed by atoms with Crippen LogP contribution in [-0.2, 0) is 6.18 Å². The number of nitrogens with zero attached hydrogens (tertiary/aromatic N) is 1. The summed E-state index contributed by atoms with van der Waals surface area (Å²) in [5.41, 5.74) is 3.24. The minimum absolute atomic E-state index is 0. The fraction of sp³-hybridized carbons (Fsp3) is 0.417. The zero-order valence-electron chi connectivity index (χ0n) is 11.1. The summed E-state index contributed by atoms with van der Waals surface area (Å²) in [4.78, 5) is 13.1. The predicted molar refractivity (Wildman–Crippen MR) is 71.8 cm³/mol. The maximum Gasteiger partial charge on any atom is 0.422 e. The molecule has 1 saturated heterocycles. The Morgan fingerprint density at radius 1 is 1.27 bits per heavy atom. The Hall–Kier alpha value is -1.61. The van der Waals surface area contributed by atoms with Crippen LogP contribution in [0.1, 0.15) is 12.0 Å². The summed E-state index contributed by atoms with van der Waals surface area (Å²) in [7, 11) is 0. The van der Waals surface area contributed by atoms with E-state index >= 15 is 0 Å². The van der Waals surface area contributed by atoms with Gasteiger partial charge >= 0.3 is 12.2 Å². The third-order valence-electron chi connectivity index (χ3n) is 3.09. The topological polar surface area (TPSA) is 58.4 Å². The van der Waals surface area contributed by atoms with Crippen molar-refractivity contribution >= 4 is 24.1 Å². The second-order valence-corrected chi connectivity index (χ2v) is 4.74. The number of benzene rings is 1. The van der Waals surface area contributed by atoms with Gasteiger partial charge in [-0.25, -0.2) is 13.6 Å². The molecule has 3 N–H and O–H groups in total. The molecule has 4 nitrogen and oxygen atoms in total. The number of halogens is 6. The van der Waals surface area contributed by atoms with E-state index in [9.17, 15) is 26.7 Å². The molecular weight excluding hydrogens is 333 g/mol. The highest BCUT2D eigenvalue weighted by Crippen LogP contribution is 2.34. The van der Waals surface area contributed by atoms with E-state index in [0.29, 0.717) is 25.1 Å². The number of rotatable bonds is 1. The molecule has 1 unspecified atom stereocenters. The van der Waals surface area contributed by atoms with Gasteiger partial charge < -0.3 is 16.0 Å². The lowest BCUT2D eigenvalue weighted by Gasteiger charge is -2.17. The van der Waals surface area contributed by atoms with Crippen LogP contribution < -0.4 is 11.1 Å². The van der Waals surface area contributed by atoms with Gasteiger partial charge in [0.25, 0.3) is 0 Å². The molecule has 1 aliphatic rings. The van der Waals surface area contributed by atoms with Gasteiger partial charge in [-0.15, -0.1) is 12.4 Å². The first-order chi connectivity index (χ1) is 9.68.